The lowest BCUT2D eigenvalue weighted by molar-refractivity contribution is 0.173. The van der Waals surface area contributed by atoms with Crippen molar-refractivity contribution in [3.63, 3.8) is 0 Å². The summed E-state index contributed by atoms with van der Waals surface area (Å²) >= 11 is 6.30. The van der Waals surface area contributed by atoms with Gasteiger partial charge in [-0.1, -0.05) is 50.3 Å². The minimum Gasteiger partial charge on any atom is -0.413 e. The molecule has 138 valence electrons. The number of carbonyl (C=O) groups is 1. The van der Waals surface area contributed by atoms with Crippen molar-refractivity contribution >= 4 is 23.5 Å². The van der Waals surface area contributed by atoms with Crippen LogP contribution in [0.25, 0.3) is 0 Å². The van der Waals surface area contributed by atoms with Gasteiger partial charge in [-0.25, -0.2) is 9.79 Å². The fourth-order valence-corrected chi connectivity index (χ4v) is 3.16. The van der Waals surface area contributed by atoms with Crippen LogP contribution in [-0.2, 0) is 4.74 Å². The highest BCUT2D eigenvalue weighted by Crippen LogP contribution is 2.35. The van der Waals surface area contributed by atoms with Gasteiger partial charge in [0.1, 0.15) is 11.6 Å². The van der Waals surface area contributed by atoms with E-state index in [9.17, 15) is 4.79 Å². The van der Waals surface area contributed by atoms with Crippen molar-refractivity contribution in [1.82, 2.24) is 10.2 Å². The number of unbranched alkanes of at least 4 members (excludes halogenated alkanes) is 4. The molecule has 3 aliphatic rings. The molecule has 0 fully saturated rings. The van der Waals surface area contributed by atoms with Gasteiger partial charge in [0, 0.05) is 30.9 Å². The number of fused-ring (bicyclic) bond motifs is 2. The molecule has 0 bridgehead atoms. The van der Waals surface area contributed by atoms with Gasteiger partial charge in [-0.2, -0.15) is 0 Å². The number of alkyl carbamates (subject to hydrolysis) is 1. The van der Waals surface area contributed by atoms with Crippen molar-refractivity contribution < 1.29 is 9.53 Å². The molecule has 2 aliphatic heterocycles. The summed E-state index contributed by atoms with van der Waals surface area (Å²) in [5, 5.41) is 3.21. The minimum atomic E-state index is -0.452. The molecule has 1 amide bonds. The third-order valence-electron chi connectivity index (χ3n) is 4.37. The fourth-order valence-electron chi connectivity index (χ4n) is 2.95. The first kappa shape index (κ1) is 18.5. The maximum atomic E-state index is 12.0. The number of hydrogen-bond donors (Lipinski definition) is 1. The van der Waals surface area contributed by atoms with Gasteiger partial charge in [0.05, 0.1) is 10.7 Å². The molecule has 0 atom stereocenters. The van der Waals surface area contributed by atoms with E-state index in [0.29, 0.717) is 23.8 Å². The first-order valence-electron chi connectivity index (χ1n) is 9.16. The third-order valence-corrected chi connectivity index (χ3v) is 4.69. The van der Waals surface area contributed by atoms with E-state index in [-0.39, 0.29) is 0 Å². The van der Waals surface area contributed by atoms with Gasteiger partial charge in [0.2, 0.25) is 0 Å². The SMILES string of the molecule is CCCCCCCNC(=O)OC1=C(Cl)C=C2N=C3C=CC=CN3C=C2C1. The largest absolute Gasteiger partial charge is 0.413 e. The molecule has 0 radical (unpaired) electrons. The number of nitrogens with one attached hydrogen (secondary N) is 1. The van der Waals surface area contributed by atoms with Gasteiger partial charge in [-0.15, -0.1) is 0 Å². The number of rotatable bonds is 7. The zero-order valence-electron chi connectivity index (χ0n) is 15.0. The zero-order valence-corrected chi connectivity index (χ0v) is 15.8. The number of carbonyl (C=O) groups excluding carboxylic acids is 1. The van der Waals surface area contributed by atoms with Crippen LogP contribution in [0.3, 0.4) is 0 Å². The Morgan fingerprint density at radius 1 is 1.31 bits per heavy atom. The van der Waals surface area contributed by atoms with Crippen LogP contribution < -0.4 is 5.32 Å². The van der Waals surface area contributed by atoms with Crippen molar-refractivity contribution in [2.24, 2.45) is 4.99 Å². The Morgan fingerprint density at radius 3 is 3.00 bits per heavy atom. The summed E-state index contributed by atoms with van der Waals surface area (Å²) in [6, 6.07) is 0. The number of hydrogen-bond acceptors (Lipinski definition) is 4. The van der Waals surface area contributed by atoms with Gasteiger partial charge in [0.15, 0.2) is 0 Å². The van der Waals surface area contributed by atoms with Crippen LogP contribution in [0, 0.1) is 0 Å². The first-order valence-corrected chi connectivity index (χ1v) is 9.54. The summed E-state index contributed by atoms with van der Waals surface area (Å²) in [6.07, 6.45) is 17.2. The third kappa shape index (κ3) is 4.67. The van der Waals surface area contributed by atoms with E-state index < -0.39 is 6.09 Å². The molecule has 1 aliphatic carbocycles. The lowest BCUT2D eigenvalue weighted by atomic mass is 10.0. The molecule has 3 rings (SSSR count). The lowest BCUT2D eigenvalue weighted by Gasteiger charge is -2.27. The van der Waals surface area contributed by atoms with Crippen LogP contribution in [0.1, 0.15) is 45.4 Å². The van der Waals surface area contributed by atoms with E-state index in [1.165, 1.54) is 19.3 Å². The van der Waals surface area contributed by atoms with Gasteiger partial charge < -0.3 is 15.0 Å². The molecule has 5 nitrogen and oxygen atoms in total. The normalized spacial score (nSPS) is 17.9. The molecule has 0 aromatic carbocycles. The number of aliphatic imine (C=N–C) groups is 1. The fraction of sp³-hybridized carbons (Fsp3) is 0.400. The molecule has 0 aromatic heterocycles. The highest BCUT2D eigenvalue weighted by atomic mass is 35.5. The average molecular weight is 374 g/mol. The van der Waals surface area contributed by atoms with Crippen molar-refractivity contribution in [3.8, 4) is 0 Å². The monoisotopic (exact) mass is 373 g/mol. The Labute approximate surface area is 159 Å². The lowest BCUT2D eigenvalue weighted by Crippen LogP contribution is -2.27. The number of nitrogens with zero attached hydrogens (tertiary/aromatic N) is 2. The topological polar surface area (TPSA) is 53.9 Å². The van der Waals surface area contributed by atoms with Crippen molar-refractivity contribution in [1.29, 1.82) is 0 Å². The molecule has 0 spiro atoms. The molecular formula is C20H24ClN3O2. The van der Waals surface area contributed by atoms with Gasteiger partial charge in [0.25, 0.3) is 0 Å². The number of amidine groups is 1. The van der Waals surface area contributed by atoms with Gasteiger partial charge in [-0.3, -0.25) is 0 Å². The van der Waals surface area contributed by atoms with E-state index in [0.717, 1.165) is 29.9 Å². The van der Waals surface area contributed by atoms with Crippen molar-refractivity contribution in [2.45, 2.75) is 45.4 Å². The summed E-state index contributed by atoms with van der Waals surface area (Å²) in [6.45, 7) is 2.80. The summed E-state index contributed by atoms with van der Waals surface area (Å²) in [7, 11) is 0. The highest BCUT2D eigenvalue weighted by molar-refractivity contribution is 6.31. The average Bonchev–Trinajstić information content (AvgIpc) is 2.63. The number of amides is 1. The molecule has 0 saturated heterocycles. The van der Waals surface area contributed by atoms with Gasteiger partial charge in [-0.05, 0) is 24.6 Å². The molecule has 0 unspecified atom stereocenters. The van der Waals surface area contributed by atoms with E-state index in [1.807, 2.05) is 35.5 Å². The predicted octanol–water partition coefficient (Wildman–Crippen LogP) is 5.10. The summed E-state index contributed by atoms with van der Waals surface area (Å²) < 4.78 is 5.43. The standard InChI is InChI=1S/C20H24ClN3O2/c1-2-3-4-5-7-10-22-20(25)26-18-12-15-14-24-11-8-6-9-19(24)23-17(15)13-16(18)21/h6,8-9,11,13-14H,2-5,7,10,12H2,1H3,(H,22,25). The Morgan fingerprint density at radius 2 is 2.15 bits per heavy atom. The Bertz CT molecular complexity index is 744. The van der Waals surface area contributed by atoms with E-state index in [1.54, 1.807) is 6.08 Å². The van der Waals surface area contributed by atoms with E-state index in [4.69, 9.17) is 16.3 Å². The zero-order chi connectivity index (χ0) is 18.4. The van der Waals surface area contributed by atoms with Crippen LogP contribution in [0.2, 0.25) is 0 Å². The number of halogens is 1. The van der Waals surface area contributed by atoms with Crippen molar-refractivity contribution in [2.75, 3.05) is 6.54 Å². The second kappa shape index (κ2) is 8.90. The summed E-state index contributed by atoms with van der Waals surface area (Å²) in [4.78, 5) is 18.6. The predicted molar refractivity (Wildman–Crippen MR) is 104 cm³/mol. The Balaban J connectivity index is 1.55. The molecule has 1 N–H and O–H groups in total. The first-order chi connectivity index (χ1) is 12.7. The maximum absolute atomic E-state index is 12.0. The summed E-state index contributed by atoms with van der Waals surface area (Å²) in [5.41, 5.74) is 1.78. The van der Waals surface area contributed by atoms with Crippen LogP contribution in [0.4, 0.5) is 4.79 Å². The van der Waals surface area contributed by atoms with E-state index >= 15 is 0 Å². The Hall–Kier alpha value is -2.27. The molecule has 0 saturated carbocycles. The van der Waals surface area contributed by atoms with Gasteiger partial charge >= 0.3 is 6.09 Å². The number of ether oxygens (including phenoxy) is 1. The molecule has 26 heavy (non-hydrogen) atoms. The second-order valence-electron chi connectivity index (χ2n) is 6.44. The van der Waals surface area contributed by atoms with Crippen LogP contribution >= 0.6 is 11.6 Å². The molecular weight excluding hydrogens is 350 g/mol. The van der Waals surface area contributed by atoms with Crippen molar-refractivity contribution in [3.05, 3.63) is 58.8 Å². The molecule has 6 heteroatoms. The maximum Gasteiger partial charge on any atom is 0.412 e. The van der Waals surface area contributed by atoms with Crippen LogP contribution in [-0.4, -0.2) is 23.4 Å². The van der Waals surface area contributed by atoms with Crippen LogP contribution in [0.15, 0.2) is 63.8 Å². The smallest absolute Gasteiger partial charge is 0.412 e. The van der Waals surface area contributed by atoms with E-state index in [2.05, 4.69) is 17.2 Å². The second-order valence-corrected chi connectivity index (χ2v) is 6.85. The van der Waals surface area contributed by atoms with Crippen LogP contribution in [0.5, 0.6) is 0 Å². The molecule has 0 aromatic rings. The minimum absolute atomic E-state index is 0.420. The highest BCUT2D eigenvalue weighted by Gasteiger charge is 2.25. The Kier molecular flexibility index (Phi) is 6.34. The quantitative estimate of drug-likeness (QED) is 0.631. The molecule has 2 heterocycles. The summed E-state index contributed by atoms with van der Waals surface area (Å²) in [5.74, 6) is 1.30. The number of allylic oxidation sites excluding steroid dienone is 6.